The zero-order valence-electron chi connectivity index (χ0n) is 14.8. The van der Waals surface area contributed by atoms with Crippen molar-refractivity contribution in [1.82, 2.24) is 4.57 Å². The second-order valence-corrected chi connectivity index (χ2v) is 6.48. The first kappa shape index (κ1) is 18.0. The third kappa shape index (κ3) is 3.07. The third-order valence-corrected chi connectivity index (χ3v) is 4.78. The highest BCUT2D eigenvalue weighted by Crippen LogP contribution is 2.28. The van der Waals surface area contributed by atoms with Crippen LogP contribution in [0, 0.1) is 5.82 Å². The van der Waals surface area contributed by atoms with Crippen LogP contribution in [0.3, 0.4) is 0 Å². The molecule has 2 N–H and O–H groups in total. The normalized spacial score (nSPS) is 14.4. The van der Waals surface area contributed by atoms with Gasteiger partial charge in [-0.3, -0.25) is 4.79 Å². The molecule has 1 fully saturated rings. The number of aromatic nitrogens is 1. The molecule has 1 aliphatic rings. The van der Waals surface area contributed by atoms with Crippen LogP contribution in [0.1, 0.15) is 10.4 Å². The van der Waals surface area contributed by atoms with Crippen molar-refractivity contribution in [2.75, 3.05) is 31.2 Å². The highest BCUT2D eigenvalue weighted by atomic mass is 19.1. The number of aromatic carboxylic acids is 1. The molecule has 0 spiro atoms. The molecule has 1 aliphatic heterocycles. The maximum atomic E-state index is 14.8. The Hall–Kier alpha value is -3.39. The molecule has 144 valence electrons. The predicted octanol–water partition coefficient (Wildman–Crippen LogP) is 2.37. The number of carboxylic acid groups (broad SMARTS) is 1. The maximum absolute atomic E-state index is 14.8. The lowest BCUT2D eigenvalue weighted by atomic mass is 10.1. The minimum Gasteiger partial charge on any atom is -0.508 e. The van der Waals surface area contributed by atoms with Gasteiger partial charge < -0.3 is 24.4 Å². The summed E-state index contributed by atoms with van der Waals surface area (Å²) in [7, 11) is 0. The molecule has 0 radical (unpaired) electrons. The van der Waals surface area contributed by atoms with Crippen LogP contribution >= 0.6 is 0 Å². The minimum atomic E-state index is -1.39. The van der Waals surface area contributed by atoms with Crippen molar-refractivity contribution in [2.24, 2.45) is 0 Å². The summed E-state index contributed by atoms with van der Waals surface area (Å²) in [5.41, 5.74) is 0.0308. The molecule has 0 amide bonds. The van der Waals surface area contributed by atoms with Gasteiger partial charge in [-0.2, -0.15) is 0 Å². The number of halogens is 1. The van der Waals surface area contributed by atoms with Gasteiger partial charge in [-0.15, -0.1) is 0 Å². The number of hydrogen-bond donors (Lipinski definition) is 2. The van der Waals surface area contributed by atoms with Crippen molar-refractivity contribution in [1.29, 1.82) is 0 Å². The fraction of sp³-hybridized carbons (Fsp3) is 0.200. The van der Waals surface area contributed by atoms with Gasteiger partial charge in [0.2, 0.25) is 5.43 Å². The Morgan fingerprint density at radius 1 is 1.11 bits per heavy atom. The van der Waals surface area contributed by atoms with Gasteiger partial charge in [0.15, 0.2) is 0 Å². The maximum Gasteiger partial charge on any atom is 0.341 e. The number of aromatic hydroxyl groups is 1. The lowest BCUT2D eigenvalue weighted by molar-refractivity contribution is 0.0695. The van der Waals surface area contributed by atoms with Crippen molar-refractivity contribution in [3.05, 3.63) is 64.2 Å². The predicted molar refractivity (Wildman–Crippen MR) is 101 cm³/mol. The summed E-state index contributed by atoms with van der Waals surface area (Å²) < 4.78 is 21.6. The molecule has 0 saturated carbocycles. The quantitative estimate of drug-likeness (QED) is 0.720. The lowest BCUT2D eigenvalue weighted by Gasteiger charge is -2.29. The Morgan fingerprint density at radius 2 is 1.79 bits per heavy atom. The zero-order valence-corrected chi connectivity index (χ0v) is 14.8. The summed E-state index contributed by atoms with van der Waals surface area (Å²) in [6.45, 7) is 1.97. The molecule has 28 heavy (non-hydrogen) atoms. The Kier molecular flexibility index (Phi) is 4.48. The van der Waals surface area contributed by atoms with Crippen LogP contribution in [-0.2, 0) is 4.74 Å². The number of hydrogen-bond acceptors (Lipinski definition) is 5. The molecule has 2 heterocycles. The van der Waals surface area contributed by atoms with Gasteiger partial charge in [-0.25, -0.2) is 9.18 Å². The van der Waals surface area contributed by atoms with Crippen molar-refractivity contribution in [3.8, 4) is 11.4 Å². The van der Waals surface area contributed by atoms with Gasteiger partial charge in [0.05, 0.1) is 24.4 Å². The van der Waals surface area contributed by atoms with Crippen LogP contribution in [0.15, 0.2) is 47.4 Å². The summed E-state index contributed by atoms with van der Waals surface area (Å²) >= 11 is 0. The van der Waals surface area contributed by atoms with Crippen LogP contribution < -0.4 is 10.3 Å². The van der Waals surface area contributed by atoms with E-state index in [1.165, 1.54) is 22.9 Å². The highest BCUT2D eigenvalue weighted by molar-refractivity contribution is 5.94. The van der Waals surface area contributed by atoms with E-state index in [4.69, 9.17) is 4.74 Å². The minimum absolute atomic E-state index is 0.0255. The number of ether oxygens (including phenoxy) is 1. The first-order chi connectivity index (χ1) is 13.5. The summed E-state index contributed by atoms with van der Waals surface area (Å²) in [5.74, 6) is -1.93. The van der Waals surface area contributed by atoms with E-state index in [9.17, 15) is 24.2 Å². The average molecular weight is 384 g/mol. The van der Waals surface area contributed by atoms with Crippen molar-refractivity contribution in [2.45, 2.75) is 0 Å². The molecule has 2 aromatic carbocycles. The van der Waals surface area contributed by atoms with E-state index < -0.39 is 22.8 Å². The number of carboxylic acids is 1. The smallest absolute Gasteiger partial charge is 0.341 e. The molecular weight excluding hydrogens is 367 g/mol. The van der Waals surface area contributed by atoms with Crippen LogP contribution in [0.5, 0.6) is 5.75 Å². The zero-order chi connectivity index (χ0) is 19.8. The summed E-state index contributed by atoms with van der Waals surface area (Å²) in [6, 6.07) is 8.71. The van der Waals surface area contributed by atoms with Crippen LogP contribution in [0.4, 0.5) is 10.1 Å². The second kappa shape index (κ2) is 6.97. The molecular formula is C20H17FN2O5. The Morgan fingerprint density at radius 3 is 2.43 bits per heavy atom. The van der Waals surface area contributed by atoms with Gasteiger partial charge in [0, 0.05) is 30.4 Å². The molecule has 0 aliphatic carbocycles. The largest absolute Gasteiger partial charge is 0.508 e. The molecule has 0 atom stereocenters. The van der Waals surface area contributed by atoms with Crippen molar-refractivity contribution < 1.29 is 24.1 Å². The van der Waals surface area contributed by atoms with Gasteiger partial charge in [-0.05, 0) is 36.4 Å². The van der Waals surface area contributed by atoms with Crippen molar-refractivity contribution >= 4 is 22.6 Å². The number of anilines is 1. The van der Waals surface area contributed by atoms with E-state index in [2.05, 4.69) is 0 Å². The molecule has 3 aromatic rings. The summed E-state index contributed by atoms with van der Waals surface area (Å²) in [4.78, 5) is 26.0. The second-order valence-electron chi connectivity index (χ2n) is 6.48. The number of phenols is 1. The van der Waals surface area contributed by atoms with Gasteiger partial charge >= 0.3 is 5.97 Å². The van der Waals surface area contributed by atoms with E-state index in [1.807, 2.05) is 4.90 Å². The van der Waals surface area contributed by atoms with Crippen LogP contribution in [0.2, 0.25) is 0 Å². The number of phenolic OH excluding ortho intramolecular Hbond substituents is 1. The number of carbonyl (C=O) groups is 1. The Labute approximate surface area is 158 Å². The van der Waals surface area contributed by atoms with Crippen LogP contribution in [0.25, 0.3) is 16.6 Å². The number of pyridine rings is 1. The number of morpholine rings is 1. The van der Waals surface area contributed by atoms with Gasteiger partial charge in [0.25, 0.3) is 0 Å². The Balaban J connectivity index is 2.01. The van der Waals surface area contributed by atoms with E-state index in [1.54, 1.807) is 18.2 Å². The van der Waals surface area contributed by atoms with E-state index in [0.717, 1.165) is 6.07 Å². The topological polar surface area (TPSA) is 92.0 Å². The molecule has 4 rings (SSSR count). The summed E-state index contributed by atoms with van der Waals surface area (Å²) in [5, 5.41) is 18.9. The first-order valence-corrected chi connectivity index (χ1v) is 8.70. The number of benzene rings is 2. The lowest BCUT2D eigenvalue weighted by Crippen LogP contribution is -2.36. The van der Waals surface area contributed by atoms with E-state index >= 15 is 0 Å². The molecule has 1 saturated heterocycles. The van der Waals surface area contributed by atoms with Crippen molar-refractivity contribution in [3.63, 3.8) is 0 Å². The average Bonchev–Trinajstić information content (AvgIpc) is 2.69. The molecule has 1 aromatic heterocycles. The van der Waals surface area contributed by atoms with Gasteiger partial charge in [-0.1, -0.05) is 0 Å². The third-order valence-electron chi connectivity index (χ3n) is 4.78. The number of rotatable bonds is 3. The fourth-order valence-corrected chi connectivity index (χ4v) is 3.36. The highest BCUT2D eigenvalue weighted by Gasteiger charge is 2.21. The fourth-order valence-electron chi connectivity index (χ4n) is 3.36. The molecule has 0 bridgehead atoms. The standard InChI is InChI=1S/C20H17FN2O5/c21-16-9-14-17(10-18(16)22-5-7-28-8-6-22)23(11-15(19(14)25)20(26)27)12-1-3-13(24)4-2-12/h1-4,9-11,24H,5-8H2,(H,26,27). The molecule has 0 unspecified atom stereocenters. The first-order valence-electron chi connectivity index (χ1n) is 8.70. The monoisotopic (exact) mass is 384 g/mol. The van der Waals surface area contributed by atoms with E-state index in [-0.39, 0.29) is 11.1 Å². The molecule has 8 heteroatoms. The van der Waals surface area contributed by atoms with E-state index in [0.29, 0.717) is 43.2 Å². The Bertz CT molecular complexity index is 1120. The van der Waals surface area contributed by atoms with Crippen LogP contribution in [-0.4, -0.2) is 47.1 Å². The SMILES string of the molecule is O=C(O)c1cn(-c2ccc(O)cc2)c2cc(N3CCOCC3)c(F)cc2c1=O. The number of nitrogens with zero attached hydrogens (tertiary/aromatic N) is 2. The summed E-state index contributed by atoms with van der Waals surface area (Å²) in [6.07, 6.45) is 1.22. The van der Waals surface area contributed by atoms with Gasteiger partial charge in [0.1, 0.15) is 17.1 Å². The molecule has 7 nitrogen and oxygen atoms in total. The number of fused-ring (bicyclic) bond motifs is 1.